The van der Waals surface area contributed by atoms with Crippen molar-refractivity contribution in [3.8, 4) is 11.5 Å². The van der Waals surface area contributed by atoms with Crippen molar-refractivity contribution in [3.63, 3.8) is 0 Å². The summed E-state index contributed by atoms with van der Waals surface area (Å²) in [4.78, 5) is 10.6. The van der Waals surface area contributed by atoms with Gasteiger partial charge in [-0.2, -0.15) is 0 Å². The first kappa shape index (κ1) is 11.0. The third kappa shape index (κ3) is 1.72. The number of carbonyl (C=O) groups excluding carboxylic acids is 1. The number of methoxy groups -OCH3 is 2. The number of ether oxygens (including phenoxy) is 2. The Labute approximate surface area is 88.9 Å². The second kappa shape index (κ2) is 4.41. The molecule has 0 bridgehead atoms. The normalized spacial score (nSPS) is 9.71. The molecule has 14 heavy (non-hydrogen) atoms. The van der Waals surface area contributed by atoms with E-state index in [2.05, 4.69) is 15.9 Å². The molecule has 1 aromatic rings. The van der Waals surface area contributed by atoms with E-state index in [-0.39, 0.29) is 11.3 Å². The van der Waals surface area contributed by atoms with E-state index in [1.54, 1.807) is 0 Å². The monoisotopic (exact) mass is 262 g/mol. The summed E-state index contributed by atoms with van der Waals surface area (Å²) in [6, 6.07) is 1.16. The van der Waals surface area contributed by atoms with Gasteiger partial charge in [0, 0.05) is 0 Å². The summed E-state index contributed by atoms with van der Waals surface area (Å²) in [5.41, 5.74) is -0.146. The van der Waals surface area contributed by atoms with E-state index < -0.39 is 5.82 Å². The predicted molar refractivity (Wildman–Crippen MR) is 52.6 cm³/mol. The van der Waals surface area contributed by atoms with Crippen LogP contribution in [0.3, 0.4) is 0 Å². The van der Waals surface area contributed by atoms with Gasteiger partial charge in [0.1, 0.15) is 5.82 Å². The SMILES string of the molecule is COc1c(Br)cc(F)c(C=O)c1OC. The lowest BCUT2D eigenvalue weighted by Crippen LogP contribution is -1.99. The lowest BCUT2D eigenvalue weighted by Gasteiger charge is -2.11. The van der Waals surface area contributed by atoms with Crippen molar-refractivity contribution in [1.82, 2.24) is 0 Å². The molecule has 0 unspecified atom stereocenters. The minimum absolute atomic E-state index is 0.0920. The van der Waals surface area contributed by atoms with E-state index in [4.69, 9.17) is 9.47 Å². The van der Waals surface area contributed by atoms with Gasteiger partial charge in [0.25, 0.3) is 0 Å². The van der Waals surface area contributed by atoms with Crippen molar-refractivity contribution < 1.29 is 18.7 Å². The summed E-state index contributed by atoms with van der Waals surface area (Å²) in [5, 5.41) is 0. The van der Waals surface area contributed by atoms with Crippen molar-refractivity contribution in [1.29, 1.82) is 0 Å². The summed E-state index contributed by atoms with van der Waals surface area (Å²) >= 11 is 3.10. The molecule has 1 rings (SSSR count). The van der Waals surface area contributed by atoms with Crippen LogP contribution in [-0.4, -0.2) is 20.5 Å². The van der Waals surface area contributed by atoms with Crippen LogP contribution in [0.25, 0.3) is 0 Å². The van der Waals surface area contributed by atoms with E-state index in [0.717, 1.165) is 6.07 Å². The summed E-state index contributed by atoms with van der Waals surface area (Å²) < 4.78 is 23.5. The lowest BCUT2D eigenvalue weighted by molar-refractivity contribution is 0.111. The van der Waals surface area contributed by atoms with Gasteiger partial charge in [0.2, 0.25) is 0 Å². The third-order valence-electron chi connectivity index (χ3n) is 1.70. The van der Waals surface area contributed by atoms with Crippen LogP contribution in [0.1, 0.15) is 10.4 Å². The van der Waals surface area contributed by atoms with E-state index in [1.807, 2.05) is 0 Å². The molecular weight excluding hydrogens is 255 g/mol. The Bertz CT molecular complexity index is 366. The first-order valence-corrected chi connectivity index (χ1v) is 4.50. The van der Waals surface area contributed by atoms with Gasteiger partial charge in [-0.05, 0) is 22.0 Å². The minimum atomic E-state index is -0.649. The van der Waals surface area contributed by atoms with Gasteiger partial charge >= 0.3 is 0 Å². The van der Waals surface area contributed by atoms with E-state index in [1.165, 1.54) is 14.2 Å². The zero-order chi connectivity index (χ0) is 10.7. The zero-order valence-corrected chi connectivity index (χ0v) is 9.22. The standard InChI is InChI=1S/C9H8BrFO3/c1-13-8-5(4-12)7(11)3-6(10)9(8)14-2/h3-4H,1-2H3. The topological polar surface area (TPSA) is 35.5 Å². The molecule has 0 heterocycles. The molecule has 0 saturated heterocycles. The van der Waals surface area contributed by atoms with Gasteiger partial charge in [-0.1, -0.05) is 0 Å². The molecule has 0 aliphatic carbocycles. The second-order valence-corrected chi connectivity index (χ2v) is 3.29. The van der Waals surface area contributed by atoms with Crippen LogP contribution in [0, 0.1) is 5.82 Å². The number of hydrogen-bond acceptors (Lipinski definition) is 3. The molecule has 1 aromatic carbocycles. The molecule has 0 atom stereocenters. The van der Waals surface area contributed by atoms with Crippen molar-refractivity contribution in [3.05, 3.63) is 21.9 Å². The number of halogens is 2. The maximum absolute atomic E-state index is 13.2. The highest BCUT2D eigenvalue weighted by molar-refractivity contribution is 9.10. The number of rotatable bonds is 3. The quantitative estimate of drug-likeness (QED) is 0.785. The van der Waals surface area contributed by atoms with Crippen LogP contribution in [0.2, 0.25) is 0 Å². The fraction of sp³-hybridized carbons (Fsp3) is 0.222. The molecule has 0 spiro atoms. The Morgan fingerprint density at radius 1 is 1.36 bits per heavy atom. The molecule has 76 valence electrons. The number of carbonyl (C=O) groups is 1. The highest BCUT2D eigenvalue weighted by Crippen LogP contribution is 2.38. The smallest absolute Gasteiger partial charge is 0.175 e. The third-order valence-corrected chi connectivity index (χ3v) is 2.29. The summed E-state index contributed by atoms with van der Waals surface area (Å²) in [5.74, 6) is -0.255. The Morgan fingerprint density at radius 2 is 1.93 bits per heavy atom. The molecule has 0 aliphatic heterocycles. The lowest BCUT2D eigenvalue weighted by atomic mass is 10.2. The van der Waals surface area contributed by atoms with Crippen LogP contribution < -0.4 is 9.47 Å². The largest absolute Gasteiger partial charge is 0.492 e. The molecule has 5 heteroatoms. The first-order chi connectivity index (χ1) is 6.65. The predicted octanol–water partition coefficient (Wildman–Crippen LogP) is 2.42. The van der Waals surface area contributed by atoms with Gasteiger partial charge < -0.3 is 9.47 Å². The van der Waals surface area contributed by atoms with E-state index in [0.29, 0.717) is 16.5 Å². The summed E-state index contributed by atoms with van der Waals surface area (Å²) in [6.07, 6.45) is 0.392. The van der Waals surface area contributed by atoms with Gasteiger partial charge in [0.15, 0.2) is 17.8 Å². The van der Waals surface area contributed by atoms with Gasteiger partial charge in [-0.25, -0.2) is 4.39 Å². The molecular formula is C9H8BrFO3. The molecule has 3 nitrogen and oxygen atoms in total. The summed E-state index contributed by atoms with van der Waals surface area (Å²) in [6.45, 7) is 0. The molecule has 0 radical (unpaired) electrons. The number of aldehydes is 1. The maximum Gasteiger partial charge on any atom is 0.175 e. The highest BCUT2D eigenvalue weighted by atomic mass is 79.9. The highest BCUT2D eigenvalue weighted by Gasteiger charge is 2.18. The Kier molecular flexibility index (Phi) is 3.46. The fourth-order valence-electron chi connectivity index (χ4n) is 1.10. The summed E-state index contributed by atoms with van der Waals surface area (Å²) in [7, 11) is 2.76. The zero-order valence-electron chi connectivity index (χ0n) is 7.64. The molecule has 0 saturated carbocycles. The second-order valence-electron chi connectivity index (χ2n) is 2.44. The van der Waals surface area contributed by atoms with Crippen molar-refractivity contribution in [2.75, 3.05) is 14.2 Å². The van der Waals surface area contributed by atoms with Gasteiger partial charge in [-0.3, -0.25) is 4.79 Å². The molecule has 0 fully saturated rings. The maximum atomic E-state index is 13.2. The average Bonchev–Trinajstić information content (AvgIpc) is 2.16. The van der Waals surface area contributed by atoms with Crippen molar-refractivity contribution >= 4 is 22.2 Å². The number of hydrogen-bond donors (Lipinski definition) is 0. The van der Waals surface area contributed by atoms with Crippen molar-refractivity contribution in [2.24, 2.45) is 0 Å². The average molecular weight is 263 g/mol. The van der Waals surface area contributed by atoms with E-state index >= 15 is 0 Å². The van der Waals surface area contributed by atoms with Crippen LogP contribution in [0.15, 0.2) is 10.5 Å². The minimum Gasteiger partial charge on any atom is -0.492 e. The Morgan fingerprint density at radius 3 is 2.36 bits per heavy atom. The van der Waals surface area contributed by atoms with Crippen LogP contribution in [0.5, 0.6) is 11.5 Å². The van der Waals surface area contributed by atoms with Gasteiger partial charge in [-0.15, -0.1) is 0 Å². The Hall–Kier alpha value is -1.10. The van der Waals surface area contributed by atoms with E-state index in [9.17, 15) is 9.18 Å². The van der Waals surface area contributed by atoms with Crippen LogP contribution in [0.4, 0.5) is 4.39 Å². The fourth-order valence-corrected chi connectivity index (χ4v) is 1.64. The van der Waals surface area contributed by atoms with Crippen LogP contribution in [-0.2, 0) is 0 Å². The van der Waals surface area contributed by atoms with Gasteiger partial charge in [0.05, 0.1) is 24.3 Å². The Balaban J connectivity index is 3.50. The first-order valence-electron chi connectivity index (χ1n) is 3.70. The molecule has 0 amide bonds. The number of benzene rings is 1. The molecule has 0 aliphatic rings. The van der Waals surface area contributed by atoms with Crippen LogP contribution >= 0.6 is 15.9 Å². The molecule has 0 aromatic heterocycles. The molecule has 0 N–H and O–H groups in total. The van der Waals surface area contributed by atoms with Crippen molar-refractivity contribution in [2.45, 2.75) is 0 Å².